The first-order valence-corrected chi connectivity index (χ1v) is 12.4. The van der Waals surface area contributed by atoms with Gasteiger partial charge in [-0.3, -0.25) is 15.0 Å². The Labute approximate surface area is 221 Å². The van der Waals surface area contributed by atoms with Crippen molar-refractivity contribution in [3.05, 3.63) is 104 Å². The minimum atomic E-state index is -0.873. The van der Waals surface area contributed by atoms with Crippen molar-refractivity contribution < 1.29 is 24.0 Å². The van der Waals surface area contributed by atoms with Crippen molar-refractivity contribution in [1.29, 1.82) is 0 Å². The first-order chi connectivity index (χ1) is 18.3. The van der Waals surface area contributed by atoms with Crippen LogP contribution in [0.3, 0.4) is 0 Å². The molecule has 1 N–H and O–H groups in total. The van der Waals surface area contributed by atoms with Crippen LogP contribution in [0.1, 0.15) is 37.3 Å². The summed E-state index contributed by atoms with van der Waals surface area (Å²) in [5.41, 5.74) is 4.29. The molecular weight excluding hydrogens is 486 g/mol. The Morgan fingerprint density at radius 1 is 1.05 bits per heavy atom. The van der Waals surface area contributed by atoms with E-state index in [9.17, 15) is 19.7 Å². The van der Waals surface area contributed by atoms with Crippen molar-refractivity contribution in [3.8, 4) is 0 Å². The number of esters is 2. The summed E-state index contributed by atoms with van der Waals surface area (Å²) in [5, 5.41) is 14.5. The first-order valence-electron chi connectivity index (χ1n) is 12.4. The molecule has 0 fully saturated rings. The number of hydrogen-bond acceptors (Lipinski definition) is 8. The highest BCUT2D eigenvalue weighted by molar-refractivity contribution is 5.99. The second kappa shape index (κ2) is 11.9. The van der Waals surface area contributed by atoms with Gasteiger partial charge in [-0.25, -0.2) is 9.59 Å². The molecule has 198 valence electrons. The average Bonchev–Trinajstić information content (AvgIpc) is 2.93. The Bertz CT molecular complexity index is 1330. The summed E-state index contributed by atoms with van der Waals surface area (Å²) >= 11 is 0. The molecule has 0 aromatic heterocycles. The number of hydrogen-bond donors (Lipinski definition) is 1. The van der Waals surface area contributed by atoms with Crippen LogP contribution in [-0.4, -0.2) is 55.1 Å². The lowest BCUT2D eigenvalue weighted by Crippen LogP contribution is -2.34. The smallest absolute Gasteiger partial charge is 0.336 e. The fourth-order valence-electron chi connectivity index (χ4n) is 4.97. The molecular formula is C29H31N3O6. The Kier molecular flexibility index (Phi) is 8.38. The number of dihydropyridines is 1. The van der Waals surface area contributed by atoms with E-state index < -0.39 is 22.8 Å². The summed E-state index contributed by atoms with van der Waals surface area (Å²) < 4.78 is 10.7. The molecule has 2 aromatic rings. The lowest BCUT2D eigenvalue weighted by atomic mass is 9.80. The van der Waals surface area contributed by atoms with Gasteiger partial charge in [0.2, 0.25) is 0 Å². The number of ether oxygens (including phenoxy) is 2. The number of carbonyl (C=O) groups excluding carboxylic acids is 2. The first kappa shape index (κ1) is 26.8. The average molecular weight is 518 g/mol. The lowest BCUT2D eigenvalue weighted by Gasteiger charge is -2.30. The number of nitrogens with zero attached hydrogens (tertiary/aromatic N) is 2. The lowest BCUT2D eigenvalue weighted by molar-refractivity contribution is -0.384. The maximum Gasteiger partial charge on any atom is 0.336 e. The summed E-state index contributed by atoms with van der Waals surface area (Å²) in [6, 6.07) is 16.2. The third kappa shape index (κ3) is 5.84. The summed E-state index contributed by atoms with van der Waals surface area (Å²) in [5.74, 6) is -2.08. The van der Waals surface area contributed by atoms with Gasteiger partial charge in [-0.05, 0) is 37.0 Å². The Morgan fingerprint density at radius 2 is 1.76 bits per heavy atom. The summed E-state index contributed by atoms with van der Waals surface area (Å²) in [7, 11) is 1.26. The molecule has 2 aromatic carbocycles. The van der Waals surface area contributed by atoms with Crippen molar-refractivity contribution in [1.82, 2.24) is 10.2 Å². The summed E-state index contributed by atoms with van der Waals surface area (Å²) in [6.45, 7) is 5.77. The van der Waals surface area contributed by atoms with E-state index in [0.29, 0.717) is 23.5 Å². The van der Waals surface area contributed by atoms with Crippen LogP contribution in [0.5, 0.6) is 0 Å². The molecule has 2 aliphatic heterocycles. The van der Waals surface area contributed by atoms with Crippen LogP contribution in [0.2, 0.25) is 0 Å². The zero-order valence-electron chi connectivity index (χ0n) is 21.7. The van der Waals surface area contributed by atoms with Crippen molar-refractivity contribution in [3.63, 3.8) is 0 Å². The molecule has 0 bridgehead atoms. The van der Waals surface area contributed by atoms with Gasteiger partial charge >= 0.3 is 11.9 Å². The number of nitro benzene ring substituents is 1. The van der Waals surface area contributed by atoms with Crippen LogP contribution in [0, 0.1) is 10.1 Å². The molecule has 1 unspecified atom stereocenters. The van der Waals surface area contributed by atoms with Crippen molar-refractivity contribution in [2.75, 3.05) is 33.4 Å². The quantitative estimate of drug-likeness (QED) is 0.313. The molecule has 0 radical (unpaired) electrons. The number of benzene rings is 2. The fourth-order valence-corrected chi connectivity index (χ4v) is 4.97. The molecule has 0 amide bonds. The summed E-state index contributed by atoms with van der Waals surface area (Å²) in [4.78, 5) is 39.3. The van der Waals surface area contributed by atoms with E-state index in [1.807, 2.05) is 18.2 Å². The van der Waals surface area contributed by atoms with Crippen molar-refractivity contribution in [2.24, 2.45) is 0 Å². The molecule has 0 aliphatic carbocycles. The number of non-ortho nitro benzene ring substituents is 1. The zero-order chi connectivity index (χ0) is 27.2. The molecule has 0 saturated heterocycles. The minimum absolute atomic E-state index is 0.138. The molecule has 9 nitrogen and oxygen atoms in total. The van der Waals surface area contributed by atoms with Crippen molar-refractivity contribution in [2.45, 2.75) is 26.2 Å². The predicted molar refractivity (Wildman–Crippen MR) is 143 cm³/mol. The Morgan fingerprint density at radius 3 is 2.39 bits per heavy atom. The highest BCUT2D eigenvalue weighted by Gasteiger charge is 2.38. The van der Waals surface area contributed by atoms with Gasteiger partial charge in [0.05, 0.1) is 29.1 Å². The minimum Gasteiger partial charge on any atom is -0.466 e. The topological polar surface area (TPSA) is 111 Å². The molecule has 1 atom stereocenters. The van der Waals surface area contributed by atoms with Crippen LogP contribution < -0.4 is 5.32 Å². The number of carbonyl (C=O) groups is 2. The maximum absolute atomic E-state index is 13.4. The predicted octanol–water partition coefficient (Wildman–Crippen LogP) is 4.34. The monoisotopic (exact) mass is 517 g/mol. The van der Waals surface area contributed by atoms with E-state index in [1.165, 1.54) is 36.4 Å². The number of nitro groups is 1. The second-order valence-electron chi connectivity index (χ2n) is 9.26. The van der Waals surface area contributed by atoms with Crippen LogP contribution in [0.4, 0.5) is 5.69 Å². The van der Waals surface area contributed by atoms with Gasteiger partial charge in [-0.2, -0.15) is 0 Å². The van der Waals surface area contributed by atoms with Gasteiger partial charge in [0.25, 0.3) is 5.69 Å². The number of nitrogens with one attached hydrogen (secondary N) is 1. The molecule has 2 aliphatic rings. The third-order valence-corrected chi connectivity index (χ3v) is 6.88. The maximum atomic E-state index is 13.4. The third-order valence-electron chi connectivity index (χ3n) is 6.88. The van der Waals surface area contributed by atoms with E-state index in [1.54, 1.807) is 19.9 Å². The van der Waals surface area contributed by atoms with Crippen molar-refractivity contribution >= 4 is 23.2 Å². The van der Waals surface area contributed by atoms with E-state index in [4.69, 9.17) is 9.47 Å². The van der Waals surface area contributed by atoms with Crippen LogP contribution >= 0.6 is 0 Å². The standard InChI is InChI=1S/C29H31N3O6/c1-19-25(28(33)37-3)27(23-10-7-11-24(18-23)32(35)36)26(20(2)30-19)29(34)38-17-16-31-14-12-22(13-15-31)21-8-5-4-6-9-21/h4-12,18,27,30H,13-17H2,1-3H3. The van der Waals surface area contributed by atoms with Crippen LogP contribution in [-0.2, 0) is 19.1 Å². The van der Waals surface area contributed by atoms with E-state index in [2.05, 4.69) is 28.4 Å². The van der Waals surface area contributed by atoms with E-state index >= 15 is 0 Å². The molecule has 4 rings (SSSR count). The fraction of sp³-hybridized carbons (Fsp3) is 0.310. The number of methoxy groups -OCH3 is 1. The van der Waals surface area contributed by atoms with Gasteiger partial charge in [0.15, 0.2) is 0 Å². The SMILES string of the molecule is COC(=O)C1=C(C)NC(C)=C(C(=O)OCCN2CC=C(c3ccccc3)CC2)C1c1cccc([N+](=O)[O-])c1. The van der Waals surface area contributed by atoms with Gasteiger partial charge in [0, 0.05) is 43.2 Å². The molecule has 2 heterocycles. The molecule has 0 saturated carbocycles. The van der Waals surface area contributed by atoms with E-state index in [-0.39, 0.29) is 23.4 Å². The van der Waals surface area contributed by atoms with Gasteiger partial charge in [-0.15, -0.1) is 0 Å². The second-order valence-corrected chi connectivity index (χ2v) is 9.26. The van der Waals surface area contributed by atoms with Crippen LogP contribution in [0.15, 0.2) is 83.2 Å². The number of allylic oxidation sites excluding steroid dienone is 2. The zero-order valence-corrected chi connectivity index (χ0v) is 21.7. The highest BCUT2D eigenvalue weighted by Crippen LogP contribution is 2.40. The van der Waals surface area contributed by atoms with Gasteiger partial charge < -0.3 is 14.8 Å². The van der Waals surface area contributed by atoms with Gasteiger partial charge in [0.1, 0.15) is 6.61 Å². The van der Waals surface area contributed by atoms with Gasteiger partial charge in [-0.1, -0.05) is 48.5 Å². The Balaban J connectivity index is 1.50. The number of rotatable bonds is 8. The molecule has 9 heteroatoms. The largest absolute Gasteiger partial charge is 0.466 e. The normalized spacial score (nSPS) is 18.0. The van der Waals surface area contributed by atoms with Crippen LogP contribution in [0.25, 0.3) is 5.57 Å². The molecule has 38 heavy (non-hydrogen) atoms. The summed E-state index contributed by atoms with van der Waals surface area (Å²) in [6.07, 6.45) is 3.11. The van der Waals surface area contributed by atoms with E-state index in [0.717, 1.165) is 19.5 Å². The highest BCUT2D eigenvalue weighted by atomic mass is 16.6. The molecule has 0 spiro atoms. The Hall–Kier alpha value is -4.24.